The largest absolute Gasteiger partial charge is 0.380 e. The molecule has 0 saturated carbocycles. The normalized spacial score (nSPS) is 14.9. The van der Waals surface area contributed by atoms with E-state index < -0.39 is 10.9 Å². The molecular formula is C31H27N5O4S. The monoisotopic (exact) mass is 565 g/mol. The molecule has 3 aromatic carbocycles. The van der Waals surface area contributed by atoms with E-state index in [1.165, 1.54) is 11.3 Å². The van der Waals surface area contributed by atoms with Gasteiger partial charge in [0.2, 0.25) is 0 Å². The summed E-state index contributed by atoms with van der Waals surface area (Å²) in [7, 11) is 0. The summed E-state index contributed by atoms with van der Waals surface area (Å²) in [6.07, 6.45) is 2.55. The van der Waals surface area contributed by atoms with Crippen molar-refractivity contribution >= 4 is 56.6 Å². The molecule has 4 heterocycles. The zero-order valence-electron chi connectivity index (χ0n) is 22.2. The van der Waals surface area contributed by atoms with E-state index in [2.05, 4.69) is 15.6 Å². The molecular weight excluding hydrogens is 538 g/mol. The first-order valence-corrected chi connectivity index (χ1v) is 14.5. The van der Waals surface area contributed by atoms with E-state index in [0.717, 1.165) is 39.8 Å². The fourth-order valence-corrected chi connectivity index (χ4v) is 6.46. The van der Waals surface area contributed by atoms with Gasteiger partial charge in [0, 0.05) is 49.1 Å². The van der Waals surface area contributed by atoms with Crippen molar-refractivity contribution in [2.24, 2.45) is 0 Å². The van der Waals surface area contributed by atoms with Gasteiger partial charge in [-0.05, 0) is 53.3 Å². The second-order valence-electron chi connectivity index (χ2n) is 10.2. The zero-order chi connectivity index (χ0) is 27.9. The van der Waals surface area contributed by atoms with Crippen molar-refractivity contribution in [1.29, 1.82) is 0 Å². The molecule has 206 valence electrons. The molecule has 2 aromatic heterocycles. The third-order valence-corrected chi connectivity index (χ3v) is 8.69. The summed E-state index contributed by atoms with van der Waals surface area (Å²) in [5, 5.41) is 9.42. The SMILES string of the molecule is O=C(Nc1ccc2c(c1)N(c1c(N3CCOCC3)c(=O)c1=O)CC2)c1sccc1NCc1ccnc2ccccc12. The Kier molecular flexibility index (Phi) is 6.49. The van der Waals surface area contributed by atoms with Crippen molar-refractivity contribution in [3.8, 4) is 0 Å². The second kappa shape index (κ2) is 10.5. The van der Waals surface area contributed by atoms with E-state index in [1.807, 2.05) is 69.8 Å². The van der Waals surface area contributed by atoms with E-state index in [4.69, 9.17) is 4.74 Å². The number of carbonyl (C=O) groups excluding carboxylic acids is 1. The topological polar surface area (TPSA) is 104 Å². The average molecular weight is 566 g/mol. The molecule has 0 bridgehead atoms. The van der Waals surface area contributed by atoms with Gasteiger partial charge in [0.05, 0.1) is 24.4 Å². The molecule has 2 aliphatic rings. The number of pyridine rings is 1. The summed E-state index contributed by atoms with van der Waals surface area (Å²) >= 11 is 1.37. The lowest BCUT2D eigenvalue weighted by atomic mass is 10.1. The Balaban J connectivity index is 1.09. The molecule has 2 aliphatic heterocycles. The highest BCUT2D eigenvalue weighted by molar-refractivity contribution is 7.12. The standard InChI is InChI=1S/C31H27N5O4S/c37-28-26(35-12-14-40-15-13-35)27(29(28)38)36-11-8-19-5-6-21(17-25(19)36)34-31(39)30-24(9-16-41-30)33-18-20-7-10-32-23-4-2-1-3-22(20)23/h1-7,9-10,16-17,33H,8,11-15,18H2,(H,34,39). The molecule has 5 aromatic rings. The molecule has 1 saturated heterocycles. The molecule has 0 radical (unpaired) electrons. The maximum atomic E-state index is 13.4. The predicted molar refractivity (Wildman–Crippen MR) is 163 cm³/mol. The van der Waals surface area contributed by atoms with Crippen LogP contribution in [0, 0.1) is 0 Å². The summed E-state index contributed by atoms with van der Waals surface area (Å²) < 4.78 is 5.42. The molecule has 0 spiro atoms. The maximum Gasteiger partial charge on any atom is 0.267 e. The number of benzene rings is 2. The van der Waals surface area contributed by atoms with Crippen molar-refractivity contribution in [2.75, 3.05) is 53.3 Å². The molecule has 9 nitrogen and oxygen atoms in total. The Labute approximate surface area is 239 Å². The van der Waals surface area contributed by atoms with Gasteiger partial charge < -0.3 is 25.2 Å². The lowest BCUT2D eigenvalue weighted by Gasteiger charge is -2.33. The molecule has 1 fully saturated rings. The summed E-state index contributed by atoms with van der Waals surface area (Å²) in [5.74, 6) is -0.213. The number of aromatic nitrogens is 1. The van der Waals surface area contributed by atoms with E-state index >= 15 is 0 Å². The quantitative estimate of drug-likeness (QED) is 0.282. The van der Waals surface area contributed by atoms with Crippen LogP contribution in [0.25, 0.3) is 10.9 Å². The maximum absolute atomic E-state index is 13.4. The van der Waals surface area contributed by atoms with Gasteiger partial charge in [-0.25, -0.2) is 0 Å². The number of rotatable bonds is 7. The van der Waals surface area contributed by atoms with Crippen LogP contribution < -0.4 is 31.3 Å². The Morgan fingerprint density at radius 3 is 2.68 bits per heavy atom. The van der Waals surface area contributed by atoms with Crippen LogP contribution in [0.5, 0.6) is 0 Å². The van der Waals surface area contributed by atoms with Crippen molar-refractivity contribution < 1.29 is 9.53 Å². The number of ether oxygens (including phenoxy) is 1. The molecule has 0 unspecified atom stereocenters. The van der Waals surface area contributed by atoms with Crippen LogP contribution in [0.3, 0.4) is 0 Å². The first-order valence-electron chi connectivity index (χ1n) is 13.6. The number of carbonyl (C=O) groups is 1. The van der Waals surface area contributed by atoms with Gasteiger partial charge in [0.15, 0.2) is 0 Å². The minimum absolute atomic E-state index is 0.213. The van der Waals surface area contributed by atoms with Gasteiger partial charge in [-0.2, -0.15) is 0 Å². The predicted octanol–water partition coefficient (Wildman–Crippen LogP) is 4.29. The Morgan fingerprint density at radius 1 is 0.976 bits per heavy atom. The van der Waals surface area contributed by atoms with E-state index in [9.17, 15) is 14.4 Å². The number of nitrogens with zero attached hydrogens (tertiary/aromatic N) is 3. The number of thiophene rings is 1. The first kappa shape index (κ1) is 25.4. The molecule has 7 rings (SSSR count). The number of morpholine rings is 1. The Hall–Kier alpha value is -4.54. The Morgan fingerprint density at radius 2 is 1.80 bits per heavy atom. The summed E-state index contributed by atoms with van der Waals surface area (Å²) in [5.41, 5.74) is 5.39. The number of anilines is 5. The number of hydrogen-bond acceptors (Lipinski definition) is 9. The van der Waals surface area contributed by atoms with Crippen LogP contribution in [-0.4, -0.2) is 43.7 Å². The fourth-order valence-electron chi connectivity index (χ4n) is 5.70. The first-order chi connectivity index (χ1) is 20.1. The minimum atomic E-state index is -0.454. The number of hydrogen-bond donors (Lipinski definition) is 2. The van der Waals surface area contributed by atoms with Gasteiger partial charge in [0.25, 0.3) is 16.8 Å². The zero-order valence-corrected chi connectivity index (χ0v) is 23.0. The highest BCUT2D eigenvalue weighted by Gasteiger charge is 2.34. The van der Waals surface area contributed by atoms with E-state index in [-0.39, 0.29) is 5.91 Å². The van der Waals surface area contributed by atoms with Crippen molar-refractivity contribution in [2.45, 2.75) is 13.0 Å². The van der Waals surface area contributed by atoms with Crippen LogP contribution in [-0.2, 0) is 17.7 Å². The lowest BCUT2D eigenvalue weighted by Crippen LogP contribution is -2.48. The van der Waals surface area contributed by atoms with Crippen molar-refractivity contribution in [1.82, 2.24) is 4.98 Å². The van der Waals surface area contributed by atoms with Crippen molar-refractivity contribution in [3.05, 3.63) is 103 Å². The third kappa shape index (κ3) is 4.55. The molecule has 0 atom stereocenters. The fraction of sp³-hybridized carbons (Fsp3) is 0.226. The number of fused-ring (bicyclic) bond motifs is 2. The van der Waals surface area contributed by atoms with E-state index in [0.29, 0.717) is 61.3 Å². The summed E-state index contributed by atoms with van der Waals surface area (Å²) in [6.45, 7) is 3.40. The van der Waals surface area contributed by atoms with Crippen LogP contribution in [0.1, 0.15) is 20.8 Å². The van der Waals surface area contributed by atoms with Gasteiger partial charge in [-0.1, -0.05) is 24.3 Å². The lowest BCUT2D eigenvalue weighted by molar-refractivity contribution is 0.103. The van der Waals surface area contributed by atoms with Crippen molar-refractivity contribution in [3.63, 3.8) is 0 Å². The summed E-state index contributed by atoms with van der Waals surface area (Å²) in [6, 6.07) is 17.6. The van der Waals surface area contributed by atoms with Crippen LogP contribution in [0.15, 0.2) is 75.8 Å². The highest BCUT2D eigenvalue weighted by atomic mass is 32.1. The van der Waals surface area contributed by atoms with Gasteiger partial charge in [-0.15, -0.1) is 11.3 Å². The molecule has 10 heteroatoms. The average Bonchev–Trinajstić information content (AvgIpc) is 3.65. The highest BCUT2D eigenvalue weighted by Crippen LogP contribution is 2.39. The molecule has 2 N–H and O–H groups in total. The van der Waals surface area contributed by atoms with Crippen LogP contribution >= 0.6 is 11.3 Å². The smallest absolute Gasteiger partial charge is 0.267 e. The molecule has 41 heavy (non-hydrogen) atoms. The minimum Gasteiger partial charge on any atom is -0.380 e. The van der Waals surface area contributed by atoms with Gasteiger partial charge >= 0.3 is 0 Å². The number of amides is 1. The number of para-hydroxylation sites is 1. The number of nitrogens with one attached hydrogen (secondary N) is 2. The molecule has 0 aliphatic carbocycles. The van der Waals surface area contributed by atoms with Gasteiger partial charge in [0.1, 0.15) is 16.3 Å². The van der Waals surface area contributed by atoms with Gasteiger partial charge in [-0.3, -0.25) is 19.4 Å². The third-order valence-electron chi connectivity index (χ3n) is 7.78. The summed E-state index contributed by atoms with van der Waals surface area (Å²) in [4.78, 5) is 47.5. The van der Waals surface area contributed by atoms with Crippen LogP contribution in [0.2, 0.25) is 0 Å². The second-order valence-corrected chi connectivity index (χ2v) is 11.1. The van der Waals surface area contributed by atoms with Crippen LogP contribution in [0.4, 0.5) is 28.4 Å². The Bertz CT molecular complexity index is 1850. The molecule has 1 amide bonds. The van der Waals surface area contributed by atoms with E-state index in [1.54, 1.807) is 6.20 Å².